The van der Waals surface area contributed by atoms with Crippen molar-refractivity contribution in [2.24, 2.45) is 0 Å². The summed E-state index contributed by atoms with van der Waals surface area (Å²) in [5, 5.41) is 0.670. The van der Waals surface area contributed by atoms with Crippen LogP contribution >= 0.6 is 11.3 Å². The Labute approximate surface area is 136 Å². The van der Waals surface area contributed by atoms with E-state index in [9.17, 15) is 0 Å². The molecule has 2 heterocycles. The molecule has 1 fully saturated rings. The SMILES string of the molecule is CC1CN(Cc2ccccc2)CCCN1Cc1cnc(N)s1. The standard InChI is InChI=1S/C17H24N4S/c1-14-11-20(12-15-6-3-2-4-7-15)8-5-9-21(14)13-16-10-19-17(18)22-16/h2-4,6-7,10,14H,5,8-9,11-13H2,1H3,(H2,18,19). The number of hydrogen-bond acceptors (Lipinski definition) is 5. The van der Waals surface area contributed by atoms with Gasteiger partial charge in [-0.1, -0.05) is 30.3 Å². The lowest BCUT2D eigenvalue weighted by atomic mass is 10.2. The Balaban J connectivity index is 1.59. The second kappa shape index (κ2) is 7.22. The summed E-state index contributed by atoms with van der Waals surface area (Å²) in [5.41, 5.74) is 7.14. The molecule has 0 radical (unpaired) electrons. The first-order valence-electron chi connectivity index (χ1n) is 7.91. The molecule has 2 aromatic rings. The van der Waals surface area contributed by atoms with Crippen molar-refractivity contribution < 1.29 is 0 Å². The molecule has 1 aromatic carbocycles. The number of hydrogen-bond donors (Lipinski definition) is 1. The summed E-state index contributed by atoms with van der Waals surface area (Å²) in [4.78, 5) is 10.5. The highest BCUT2D eigenvalue weighted by Crippen LogP contribution is 2.20. The molecule has 4 nitrogen and oxygen atoms in total. The van der Waals surface area contributed by atoms with Gasteiger partial charge in [-0.05, 0) is 25.5 Å². The van der Waals surface area contributed by atoms with Gasteiger partial charge in [0.25, 0.3) is 0 Å². The Hall–Kier alpha value is -1.43. The van der Waals surface area contributed by atoms with E-state index in [2.05, 4.69) is 52.0 Å². The molecule has 1 saturated heterocycles. The highest BCUT2D eigenvalue weighted by molar-refractivity contribution is 7.15. The van der Waals surface area contributed by atoms with Crippen molar-refractivity contribution in [2.45, 2.75) is 32.5 Å². The van der Waals surface area contributed by atoms with Gasteiger partial charge in [0.1, 0.15) is 0 Å². The second-order valence-electron chi connectivity index (χ2n) is 6.06. The normalized spacial score (nSPS) is 20.9. The molecule has 0 bridgehead atoms. The van der Waals surface area contributed by atoms with Crippen molar-refractivity contribution in [3.8, 4) is 0 Å². The minimum atomic E-state index is 0.550. The molecule has 22 heavy (non-hydrogen) atoms. The van der Waals surface area contributed by atoms with Gasteiger partial charge in [-0.15, -0.1) is 11.3 Å². The van der Waals surface area contributed by atoms with E-state index >= 15 is 0 Å². The fourth-order valence-corrected chi connectivity index (χ4v) is 3.82. The number of rotatable bonds is 4. The molecule has 1 aromatic heterocycles. The monoisotopic (exact) mass is 316 g/mol. The van der Waals surface area contributed by atoms with Gasteiger partial charge in [-0.2, -0.15) is 0 Å². The number of nitrogens with zero attached hydrogens (tertiary/aromatic N) is 3. The van der Waals surface area contributed by atoms with Crippen LogP contribution in [-0.4, -0.2) is 40.5 Å². The predicted molar refractivity (Wildman–Crippen MR) is 92.7 cm³/mol. The first-order chi connectivity index (χ1) is 10.7. The maximum absolute atomic E-state index is 5.74. The van der Waals surface area contributed by atoms with Crippen LogP contribution in [0.15, 0.2) is 36.5 Å². The zero-order valence-corrected chi connectivity index (χ0v) is 13.9. The smallest absolute Gasteiger partial charge is 0.180 e. The summed E-state index contributed by atoms with van der Waals surface area (Å²) in [6.45, 7) is 7.77. The van der Waals surface area contributed by atoms with Crippen LogP contribution in [0.3, 0.4) is 0 Å². The van der Waals surface area contributed by atoms with E-state index in [1.165, 1.54) is 23.4 Å². The Kier molecular flexibility index (Phi) is 5.08. The summed E-state index contributed by atoms with van der Waals surface area (Å²) in [5.74, 6) is 0. The average Bonchev–Trinajstić information content (AvgIpc) is 2.84. The third-order valence-corrected chi connectivity index (χ3v) is 5.06. The fraction of sp³-hybridized carbons (Fsp3) is 0.471. The summed E-state index contributed by atoms with van der Waals surface area (Å²) < 4.78 is 0. The van der Waals surface area contributed by atoms with Gasteiger partial charge in [0.15, 0.2) is 5.13 Å². The molecule has 1 aliphatic heterocycles. The molecular weight excluding hydrogens is 292 g/mol. The van der Waals surface area contributed by atoms with Crippen molar-refractivity contribution in [1.29, 1.82) is 0 Å². The van der Waals surface area contributed by atoms with Crippen molar-refractivity contribution in [3.63, 3.8) is 0 Å². The number of benzene rings is 1. The molecule has 0 amide bonds. The Morgan fingerprint density at radius 1 is 1.23 bits per heavy atom. The lowest BCUT2D eigenvalue weighted by Crippen LogP contribution is -2.38. The molecule has 1 aliphatic rings. The molecule has 2 N–H and O–H groups in total. The highest BCUT2D eigenvalue weighted by Gasteiger charge is 2.22. The molecule has 118 valence electrons. The topological polar surface area (TPSA) is 45.4 Å². The Bertz CT molecular complexity index is 583. The fourth-order valence-electron chi connectivity index (χ4n) is 3.11. The second-order valence-corrected chi connectivity index (χ2v) is 7.21. The molecule has 1 unspecified atom stereocenters. The number of nitrogens with two attached hydrogens (primary N) is 1. The summed E-state index contributed by atoms with van der Waals surface area (Å²) >= 11 is 1.61. The maximum Gasteiger partial charge on any atom is 0.180 e. The minimum Gasteiger partial charge on any atom is -0.375 e. The van der Waals surface area contributed by atoms with Crippen molar-refractivity contribution in [3.05, 3.63) is 47.0 Å². The number of nitrogen functional groups attached to an aromatic ring is 1. The average molecular weight is 316 g/mol. The van der Waals surface area contributed by atoms with Gasteiger partial charge in [0, 0.05) is 43.3 Å². The summed E-state index contributed by atoms with van der Waals surface area (Å²) in [7, 11) is 0. The molecule has 0 spiro atoms. The lowest BCUT2D eigenvalue weighted by molar-refractivity contribution is 0.182. The number of thiazole rings is 1. The van der Waals surface area contributed by atoms with Crippen LogP contribution in [0.25, 0.3) is 0 Å². The van der Waals surface area contributed by atoms with Crippen molar-refractivity contribution in [1.82, 2.24) is 14.8 Å². The zero-order chi connectivity index (χ0) is 15.4. The Morgan fingerprint density at radius 2 is 2.05 bits per heavy atom. The first kappa shape index (κ1) is 15.5. The van der Waals surface area contributed by atoms with Crippen molar-refractivity contribution >= 4 is 16.5 Å². The van der Waals surface area contributed by atoms with Crippen LogP contribution in [-0.2, 0) is 13.1 Å². The van der Waals surface area contributed by atoms with E-state index in [0.717, 1.165) is 26.2 Å². The summed E-state index contributed by atoms with van der Waals surface area (Å²) in [6.07, 6.45) is 3.13. The van der Waals surface area contributed by atoms with Gasteiger partial charge < -0.3 is 5.73 Å². The summed E-state index contributed by atoms with van der Waals surface area (Å²) in [6, 6.07) is 11.3. The van der Waals surface area contributed by atoms with Crippen LogP contribution in [0.1, 0.15) is 23.8 Å². The van der Waals surface area contributed by atoms with E-state index in [0.29, 0.717) is 11.2 Å². The molecule has 0 aliphatic carbocycles. The quantitative estimate of drug-likeness (QED) is 0.942. The number of anilines is 1. The van der Waals surface area contributed by atoms with Gasteiger partial charge in [-0.25, -0.2) is 4.98 Å². The van der Waals surface area contributed by atoms with E-state index in [1.807, 2.05) is 6.20 Å². The largest absolute Gasteiger partial charge is 0.375 e. The van der Waals surface area contributed by atoms with Crippen LogP contribution in [0, 0.1) is 0 Å². The molecule has 5 heteroatoms. The van der Waals surface area contributed by atoms with E-state index in [-0.39, 0.29) is 0 Å². The molecule has 0 saturated carbocycles. The maximum atomic E-state index is 5.74. The van der Waals surface area contributed by atoms with Crippen LogP contribution < -0.4 is 5.73 Å². The highest BCUT2D eigenvalue weighted by atomic mass is 32.1. The van der Waals surface area contributed by atoms with Gasteiger partial charge in [0.05, 0.1) is 0 Å². The predicted octanol–water partition coefficient (Wildman–Crippen LogP) is 2.82. The molecule has 3 rings (SSSR count). The lowest BCUT2D eigenvalue weighted by Gasteiger charge is -2.28. The van der Waals surface area contributed by atoms with E-state index < -0.39 is 0 Å². The number of aromatic nitrogens is 1. The molecule has 1 atom stereocenters. The van der Waals surface area contributed by atoms with Gasteiger partial charge >= 0.3 is 0 Å². The van der Waals surface area contributed by atoms with Crippen LogP contribution in [0.2, 0.25) is 0 Å². The molecular formula is C17H24N4S. The zero-order valence-electron chi connectivity index (χ0n) is 13.1. The van der Waals surface area contributed by atoms with Gasteiger partial charge in [0.2, 0.25) is 0 Å². The van der Waals surface area contributed by atoms with E-state index in [4.69, 9.17) is 5.73 Å². The van der Waals surface area contributed by atoms with Crippen LogP contribution in [0.5, 0.6) is 0 Å². The van der Waals surface area contributed by atoms with E-state index in [1.54, 1.807) is 11.3 Å². The Morgan fingerprint density at radius 3 is 2.77 bits per heavy atom. The van der Waals surface area contributed by atoms with Crippen molar-refractivity contribution in [2.75, 3.05) is 25.4 Å². The third kappa shape index (κ3) is 4.06. The van der Waals surface area contributed by atoms with Crippen LogP contribution in [0.4, 0.5) is 5.13 Å². The van der Waals surface area contributed by atoms with Gasteiger partial charge in [-0.3, -0.25) is 9.80 Å². The third-order valence-electron chi connectivity index (χ3n) is 4.24. The first-order valence-corrected chi connectivity index (χ1v) is 8.73. The minimum absolute atomic E-state index is 0.550.